The molecule has 1 fully saturated rings. The fourth-order valence-corrected chi connectivity index (χ4v) is 2.89. The molecule has 1 aliphatic rings. The molecule has 2 rings (SSSR count). The topological polar surface area (TPSA) is 169 Å². The summed E-state index contributed by atoms with van der Waals surface area (Å²) < 4.78 is 11.5. The molecule has 26 heavy (non-hydrogen) atoms. The van der Waals surface area contributed by atoms with Gasteiger partial charge in [-0.2, -0.15) is 16.7 Å². The van der Waals surface area contributed by atoms with Gasteiger partial charge in [0.15, 0.2) is 12.0 Å². The van der Waals surface area contributed by atoms with Gasteiger partial charge in [-0.3, -0.25) is 20.0 Å². The Balaban J connectivity index is 1.99. The number of thioether (sulfide) groups is 1. The summed E-state index contributed by atoms with van der Waals surface area (Å²) in [6.45, 7) is -0.320. The van der Waals surface area contributed by atoms with E-state index in [1.54, 1.807) is 17.2 Å². The van der Waals surface area contributed by atoms with E-state index in [-0.39, 0.29) is 12.4 Å². The molecule has 1 saturated heterocycles. The number of nitrogens with zero attached hydrogens (tertiary/aromatic N) is 2. The van der Waals surface area contributed by atoms with Crippen molar-refractivity contribution in [3.63, 3.8) is 0 Å². The van der Waals surface area contributed by atoms with E-state index in [0.717, 1.165) is 4.57 Å². The summed E-state index contributed by atoms with van der Waals surface area (Å²) in [6, 6.07) is 0.495. The monoisotopic (exact) mass is 390 g/mol. The SMILES string of the molecule is CSCC[C@@H](N)C(=O)OC[C@H]1O[C@@H](n2ccc(NO)nc2=O)[C@H](O)[C@@H]1O. The summed E-state index contributed by atoms with van der Waals surface area (Å²) in [7, 11) is 0. The molecular formula is C14H22N4O7S. The van der Waals surface area contributed by atoms with Gasteiger partial charge in [-0.05, 0) is 24.5 Å². The summed E-state index contributed by atoms with van der Waals surface area (Å²) in [5.41, 5.74) is 6.61. The molecule has 12 heteroatoms. The van der Waals surface area contributed by atoms with Crippen LogP contribution in [0, 0.1) is 0 Å². The molecule has 0 spiro atoms. The highest BCUT2D eigenvalue weighted by Crippen LogP contribution is 2.28. The van der Waals surface area contributed by atoms with Crippen molar-refractivity contribution in [2.75, 3.05) is 24.1 Å². The van der Waals surface area contributed by atoms with Crippen LogP contribution in [-0.2, 0) is 14.3 Å². The average molecular weight is 390 g/mol. The maximum atomic E-state index is 11.9. The van der Waals surface area contributed by atoms with Crippen molar-refractivity contribution in [1.82, 2.24) is 9.55 Å². The molecule has 5 atom stereocenters. The van der Waals surface area contributed by atoms with Crippen LogP contribution >= 0.6 is 11.8 Å². The maximum Gasteiger partial charge on any atom is 0.351 e. The number of carbonyl (C=O) groups excluding carboxylic acids is 1. The molecule has 146 valence electrons. The fourth-order valence-electron chi connectivity index (χ4n) is 2.40. The van der Waals surface area contributed by atoms with Crippen molar-refractivity contribution in [2.24, 2.45) is 5.73 Å². The molecule has 1 aliphatic heterocycles. The number of aromatic nitrogens is 2. The molecule has 0 bridgehead atoms. The summed E-state index contributed by atoms with van der Waals surface area (Å²) in [5, 5.41) is 28.9. The molecule has 1 aromatic heterocycles. The van der Waals surface area contributed by atoms with E-state index in [1.165, 1.54) is 12.3 Å². The quantitative estimate of drug-likeness (QED) is 0.253. The Hall–Kier alpha value is -1.70. The second kappa shape index (κ2) is 9.30. The third kappa shape index (κ3) is 4.72. The van der Waals surface area contributed by atoms with Crippen LogP contribution in [0.4, 0.5) is 5.82 Å². The number of ether oxygens (including phenoxy) is 2. The lowest BCUT2D eigenvalue weighted by atomic mass is 10.1. The van der Waals surface area contributed by atoms with E-state index >= 15 is 0 Å². The lowest BCUT2D eigenvalue weighted by Gasteiger charge is -2.17. The minimum Gasteiger partial charge on any atom is -0.462 e. The third-order valence-electron chi connectivity index (χ3n) is 3.88. The Bertz CT molecular complexity index is 673. The normalized spacial score (nSPS) is 26.5. The minimum absolute atomic E-state index is 0.0796. The van der Waals surface area contributed by atoms with Crippen LogP contribution in [0.3, 0.4) is 0 Å². The summed E-state index contributed by atoms with van der Waals surface area (Å²) in [4.78, 5) is 27.3. The number of anilines is 1. The van der Waals surface area contributed by atoms with Gasteiger partial charge >= 0.3 is 11.7 Å². The Morgan fingerprint density at radius 3 is 2.88 bits per heavy atom. The molecule has 6 N–H and O–H groups in total. The molecule has 0 aromatic carbocycles. The number of esters is 1. The Kier molecular flexibility index (Phi) is 7.37. The lowest BCUT2D eigenvalue weighted by molar-refractivity contribution is -0.151. The van der Waals surface area contributed by atoms with Crippen LogP contribution in [0.15, 0.2) is 17.1 Å². The van der Waals surface area contributed by atoms with E-state index in [1.807, 2.05) is 6.26 Å². The third-order valence-corrected chi connectivity index (χ3v) is 4.53. The standard InChI is InChI=1S/C14H22N4O7S/c1-26-5-3-7(15)13(21)24-6-8-10(19)11(20)12(25-8)18-4-2-9(17-23)16-14(18)22/h2,4,7-8,10-12,19-20,23H,3,5-6,15H2,1H3,(H,16,17,22)/t7-,8-,10-,11-,12-/m1/s1. The van der Waals surface area contributed by atoms with E-state index in [2.05, 4.69) is 4.98 Å². The first kappa shape index (κ1) is 20.6. The molecule has 0 saturated carbocycles. The second-order valence-electron chi connectivity index (χ2n) is 5.68. The van der Waals surface area contributed by atoms with Crippen LogP contribution < -0.4 is 16.9 Å². The average Bonchev–Trinajstić information content (AvgIpc) is 2.92. The zero-order valence-corrected chi connectivity index (χ0v) is 14.8. The van der Waals surface area contributed by atoms with Gasteiger partial charge in [0, 0.05) is 6.20 Å². The molecule has 11 nitrogen and oxygen atoms in total. The van der Waals surface area contributed by atoms with Gasteiger partial charge in [0.25, 0.3) is 0 Å². The van der Waals surface area contributed by atoms with E-state index in [4.69, 9.17) is 20.4 Å². The van der Waals surface area contributed by atoms with Crippen molar-refractivity contribution in [2.45, 2.75) is 37.0 Å². The molecule has 1 aromatic rings. The molecule has 0 aliphatic carbocycles. The van der Waals surface area contributed by atoms with E-state index in [0.29, 0.717) is 12.2 Å². The summed E-state index contributed by atoms with van der Waals surface area (Å²) in [6.07, 6.45) is -1.48. The number of hydrogen-bond donors (Lipinski definition) is 5. The number of rotatable bonds is 8. The van der Waals surface area contributed by atoms with Crippen molar-refractivity contribution < 1.29 is 29.7 Å². The van der Waals surface area contributed by atoms with Crippen molar-refractivity contribution >= 4 is 23.5 Å². The highest BCUT2D eigenvalue weighted by molar-refractivity contribution is 7.98. The van der Waals surface area contributed by atoms with Crippen molar-refractivity contribution in [1.29, 1.82) is 0 Å². The number of aliphatic hydroxyl groups excluding tert-OH is 2. The predicted molar refractivity (Wildman–Crippen MR) is 91.8 cm³/mol. The van der Waals surface area contributed by atoms with Crippen molar-refractivity contribution in [3.8, 4) is 0 Å². The fraction of sp³-hybridized carbons (Fsp3) is 0.643. The summed E-state index contributed by atoms with van der Waals surface area (Å²) in [5.74, 6) is -0.0113. The Labute approximate surface area is 153 Å². The van der Waals surface area contributed by atoms with Gasteiger partial charge in [0.1, 0.15) is 31.0 Å². The van der Waals surface area contributed by atoms with E-state index < -0.39 is 42.2 Å². The van der Waals surface area contributed by atoms with Gasteiger partial charge in [0.2, 0.25) is 0 Å². The van der Waals surface area contributed by atoms with Gasteiger partial charge in [-0.1, -0.05) is 0 Å². The molecule has 0 unspecified atom stereocenters. The van der Waals surface area contributed by atoms with Crippen LogP contribution in [0.5, 0.6) is 0 Å². The number of carbonyl (C=O) groups is 1. The largest absolute Gasteiger partial charge is 0.462 e. The molecule has 0 amide bonds. The lowest BCUT2D eigenvalue weighted by Crippen LogP contribution is -2.38. The zero-order valence-electron chi connectivity index (χ0n) is 14.0. The predicted octanol–water partition coefficient (Wildman–Crippen LogP) is -1.71. The van der Waals surface area contributed by atoms with E-state index in [9.17, 15) is 19.8 Å². The van der Waals surface area contributed by atoms with Crippen molar-refractivity contribution in [3.05, 3.63) is 22.7 Å². The first-order valence-electron chi connectivity index (χ1n) is 7.81. The Morgan fingerprint density at radius 1 is 1.54 bits per heavy atom. The van der Waals surface area contributed by atoms with Crippen LogP contribution in [0.1, 0.15) is 12.6 Å². The highest BCUT2D eigenvalue weighted by Gasteiger charge is 2.44. The van der Waals surface area contributed by atoms with Gasteiger partial charge in [0.05, 0.1) is 0 Å². The van der Waals surface area contributed by atoms with Gasteiger partial charge < -0.3 is 25.4 Å². The first-order chi connectivity index (χ1) is 12.4. The van der Waals surface area contributed by atoms with Crippen LogP contribution in [0.25, 0.3) is 0 Å². The van der Waals surface area contributed by atoms with Gasteiger partial charge in [-0.25, -0.2) is 4.79 Å². The maximum absolute atomic E-state index is 11.9. The smallest absolute Gasteiger partial charge is 0.351 e. The highest BCUT2D eigenvalue weighted by atomic mass is 32.2. The molecule has 2 heterocycles. The van der Waals surface area contributed by atoms with Crippen LogP contribution in [0.2, 0.25) is 0 Å². The molecule has 0 radical (unpaired) electrons. The molecular weight excluding hydrogens is 368 g/mol. The first-order valence-corrected chi connectivity index (χ1v) is 9.20. The minimum atomic E-state index is -1.43. The number of nitrogens with one attached hydrogen (secondary N) is 1. The van der Waals surface area contributed by atoms with Crippen LogP contribution in [-0.4, -0.2) is 73.9 Å². The zero-order chi connectivity index (χ0) is 19.3. The number of aliphatic hydroxyl groups is 2. The number of nitrogens with two attached hydrogens (primary N) is 1. The Morgan fingerprint density at radius 2 is 2.27 bits per heavy atom. The second-order valence-corrected chi connectivity index (χ2v) is 6.66. The summed E-state index contributed by atoms with van der Waals surface area (Å²) >= 11 is 1.55. The van der Waals surface area contributed by atoms with Gasteiger partial charge in [-0.15, -0.1) is 0 Å². The number of hydrogen-bond acceptors (Lipinski definition) is 11.